The molecule has 0 aliphatic heterocycles. The molecule has 1 aromatic heterocycles. The highest BCUT2D eigenvalue weighted by Gasteiger charge is 2.17. The number of nitrogens with zero attached hydrogens (tertiary/aromatic N) is 3. The molecular weight excluding hydrogens is 452 g/mol. The number of hydrogen-bond donors (Lipinski definition) is 1. The van der Waals surface area contributed by atoms with Crippen LogP contribution in [0.25, 0.3) is 10.9 Å². The van der Waals surface area contributed by atoms with Gasteiger partial charge in [0.25, 0.3) is 11.2 Å². The number of hydrogen-bond acceptors (Lipinski definition) is 6. The summed E-state index contributed by atoms with van der Waals surface area (Å²) in [5.74, 6) is -0.362. The van der Waals surface area contributed by atoms with E-state index in [4.69, 9.17) is 0 Å². The minimum Gasteiger partial charge on any atom is -0.325 e. The number of carbonyl (C=O) groups excluding carboxylic acids is 1. The van der Waals surface area contributed by atoms with E-state index >= 15 is 0 Å². The van der Waals surface area contributed by atoms with Crippen molar-refractivity contribution in [3.8, 4) is 0 Å². The second-order valence-corrected chi connectivity index (χ2v) is 8.77. The summed E-state index contributed by atoms with van der Waals surface area (Å²) < 4.78 is 1.57. The molecule has 0 aliphatic carbocycles. The van der Waals surface area contributed by atoms with Crippen molar-refractivity contribution >= 4 is 39.9 Å². The Morgan fingerprint density at radius 3 is 2.53 bits per heavy atom. The molecule has 0 unspecified atom stereocenters. The van der Waals surface area contributed by atoms with Crippen molar-refractivity contribution in [2.24, 2.45) is 0 Å². The number of amides is 1. The van der Waals surface area contributed by atoms with E-state index in [0.29, 0.717) is 33.9 Å². The largest absolute Gasteiger partial charge is 0.325 e. The van der Waals surface area contributed by atoms with Crippen LogP contribution in [0.3, 0.4) is 0 Å². The van der Waals surface area contributed by atoms with Crippen LogP contribution in [0, 0.1) is 24.0 Å². The summed E-state index contributed by atoms with van der Waals surface area (Å²) >= 11 is 1.15. The molecule has 3 aromatic carbocycles. The second kappa shape index (κ2) is 9.88. The lowest BCUT2D eigenvalue weighted by Gasteiger charge is -2.14. The van der Waals surface area contributed by atoms with Crippen LogP contribution < -0.4 is 10.9 Å². The van der Waals surface area contributed by atoms with Gasteiger partial charge in [0.1, 0.15) is 0 Å². The van der Waals surface area contributed by atoms with Crippen molar-refractivity contribution in [3.63, 3.8) is 0 Å². The number of para-hydroxylation sites is 1. The fourth-order valence-electron chi connectivity index (χ4n) is 3.55. The molecule has 4 rings (SSSR count). The second-order valence-electron chi connectivity index (χ2n) is 7.83. The quantitative estimate of drug-likeness (QED) is 0.180. The smallest absolute Gasteiger partial charge is 0.274 e. The highest BCUT2D eigenvalue weighted by molar-refractivity contribution is 7.99. The summed E-state index contributed by atoms with van der Waals surface area (Å²) in [7, 11) is 0. The fourth-order valence-corrected chi connectivity index (χ4v) is 4.34. The van der Waals surface area contributed by atoms with Crippen LogP contribution in [0.4, 0.5) is 11.4 Å². The molecule has 4 aromatic rings. The molecule has 34 heavy (non-hydrogen) atoms. The predicted molar refractivity (Wildman–Crippen MR) is 133 cm³/mol. The molecule has 0 bridgehead atoms. The number of anilines is 1. The third kappa shape index (κ3) is 4.99. The molecule has 172 valence electrons. The number of thioether (sulfide) groups is 1. The third-order valence-electron chi connectivity index (χ3n) is 5.40. The van der Waals surface area contributed by atoms with Gasteiger partial charge in [-0.1, -0.05) is 59.8 Å². The molecule has 0 atom stereocenters. The molecule has 1 heterocycles. The number of nitro groups is 1. The Kier molecular flexibility index (Phi) is 6.74. The molecule has 0 spiro atoms. The zero-order chi connectivity index (χ0) is 24.2. The van der Waals surface area contributed by atoms with Crippen LogP contribution in [0.5, 0.6) is 0 Å². The summed E-state index contributed by atoms with van der Waals surface area (Å²) in [5, 5.41) is 14.8. The van der Waals surface area contributed by atoms with Gasteiger partial charge in [0, 0.05) is 6.07 Å². The van der Waals surface area contributed by atoms with Crippen LogP contribution >= 0.6 is 11.8 Å². The molecule has 8 nitrogen and oxygen atoms in total. The van der Waals surface area contributed by atoms with Crippen molar-refractivity contribution in [2.45, 2.75) is 25.5 Å². The fraction of sp³-hybridized carbons (Fsp3) is 0.160. The van der Waals surface area contributed by atoms with E-state index in [9.17, 15) is 19.7 Å². The Morgan fingerprint density at radius 2 is 1.79 bits per heavy atom. The van der Waals surface area contributed by atoms with E-state index in [1.54, 1.807) is 35.8 Å². The summed E-state index contributed by atoms with van der Waals surface area (Å²) in [6.07, 6.45) is 0. The molecule has 1 N–H and O–H groups in total. The Bertz CT molecular complexity index is 1450. The standard InChI is InChI=1S/C25H22N4O4S/c1-16-10-12-18(13-11-16)14-28-24(31)19-6-3-4-7-21(19)27-25(28)34-15-23(30)26-20-8-5-9-22(17(20)2)29(32)33/h3-13H,14-15H2,1-2H3,(H,26,30). The highest BCUT2D eigenvalue weighted by atomic mass is 32.2. The van der Waals surface area contributed by atoms with E-state index in [0.717, 1.165) is 22.9 Å². The summed E-state index contributed by atoms with van der Waals surface area (Å²) in [4.78, 5) is 41.2. The minimum absolute atomic E-state index is 0.0131. The van der Waals surface area contributed by atoms with Crippen molar-refractivity contribution in [1.29, 1.82) is 0 Å². The normalized spacial score (nSPS) is 10.9. The molecule has 0 aliphatic rings. The Hall–Kier alpha value is -3.98. The Balaban J connectivity index is 1.60. The number of aryl methyl sites for hydroxylation is 1. The van der Waals surface area contributed by atoms with E-state index in [2.05, 4.69) is 10.3 Å². The molecule has 1 amide bonds. The maximum absolute atomic E-state index is 13.2. The number of carbonyl (C=O) groups is 1. The zero-order valence-corrected chi connectivity index (χ0v) is 19.5. The van der Waals surface area contributed by atoms with Gasteiger partial charge in [-0.2, -0.15) is 0 Å². The average Bonchev–Trinajstić information content (AvgIpc) is 2.82. The van der Waals surface area contributed by atoms with Gasteiger partial charge < -0.3 is 5.32 Å². The number of rotatable bonds is 7. The van der Waals surface area contributed by atoms with Crippen molar-refractivity contribution in [2.75, 3.05) is 11.1 Å². The lowest BCUT2D eigenvalue weighted by atomic mass is 10.1. The maximum atomic E-state index is 13.2. The third-order valence-corrected chi connectivity index (χ3v) is 6.37. The first kappa shape index (κ1) is 23.2. The maximum Gasteiger partial charge on any atom is 0.274 e. The van der Waals surface area contributed by atoms with Crippen LogP contribution in [-0.2, 0) is 11.3 Å². The van der Waals surface area contributed by atoms with Gasteiger partial charge in [-0.3, -0.25) is 24.3 Å². The van der Waals surface area contributed by atoms with Gasteiger partial charge in [0.05, 0.1) is 39.4 Å². The van der Waals surface area contributed by atoms with E-state index in [-0.39, 0.29) is 22.9 Å². The first-order chi connectivity index (χ1) is 16.3. The summed E-state index contributed by atoms with van der Waals surface area (Å²) in [6, 6.07) is 19.5. The first-order valence-corrected chi connectivity index (χ1v) is 11.5. The van der Waals surface area contributed by atoms with Crippen molar-refractivity contribution in [3.05, 3.63) is 104 Å². The van der Waals surface area contributed by atoms with Gasteiger partial charge in [-0.05, 0) is 37.6 Å². The number of benzene rings is 3. The number of nitro benzene ring substituents is 1. The molecule has 9 heteroatoms. The Labute approximate surface area is 199 Å². The van der Waals surface area contributed by atoms with Crippen molar-refractivity contribution in [1.82, 2.24) is 9.55 Å². The molecular formula is C25H22N4O4S. The van der Waals surface area contributed by atoms with Gasteiger partial charge in [-0.25, -0.2) is 4.98 Å². The van der Waals surface area contributed by atoms with Crippen LogP contribution in [-0.4, -0.2) is 26.1 Å². The summed E-state index contributed by atoms with van der Waals surface area (Å²) in [5.41, 5.74) is 3.15. The lowest BCUT2D eigenvalue weighted by molar-refractivity contribution is -0.385. The first-order valence-electron chi connectivity index (χ1n) is 10.6. The van der Waals surface area contributed by atoms with E-state index in [1.807, 2.05) is 37.3 Å². The lowest BCUT2D eigenvalue weighted by Crippen LogP contribution is -2.25. The molecule has 0 radical (unpaired) electrons. The molecule has 0 saturated heterocycles. The van der Waals surface area contributed by atoms with Crippen molar-refractivity contribution < 1.29 is 9.72 Å². The molecule has 0 fully saturated rings. The topological polar surface area (TPSA) is 107 Å². The van der Waals surface area contributed by atoms with E-state index in [1.165, 1.54) is 12.1 Å². The van der Waals surface area contributed by atoms with E-state index < -0.39 is 4.92 Å². The van der Waals surface area contributed by atoms with Crippen LogP contribution in [0.1, 0.15) is 16.7 Å². The monoisotopic (exact) mass is 474 g/mol. The molecule has 0 saturated carbocycles. The predicted octanol–water partition coefficient (Wildman–Crippen LogP) is 4.70. The van der Waals surface area contributed by atoms with Gasteiger partial charge in [-0.15, -0.1) is 0 Å². The highest BCUT2D eigenvalue weighted by Crippen LogP contribution is 2.26. The number of aromatic nitrogens is 2. The van der Waals surface area contributed by atoms with Crippen LogP contribution in [0.15, 0.2) is 76.7 Å². The number of nitrogens with one attached hydrogen (secondary N) is 1. The van der Waals surface area contributed by atoms with Gasteiger partial charge in [0.2, 0.25) is 5.91 Å². The average molecular weight is 475 g/mol. The number of fused-ring (bicyclic) bond motifs is 1. The Morgan fingerprint density at radius 1 is 1.06 bits per heavy atom. The van der Waals surface area contributed by atoms with Crippen LogP contribution in [0.2, 0.25) is 0 Å². The minimum atomic E-state index is -0.484. The SMILES string of the molecule is Cc1ccc(Cn2c(SCC(=O)Nc3cccc([N+](=O)[O-])c3C)nc3ccccc3c2=O)cc1. The van der Waals surface area contributed by atoms with Gasteiger partial charge in [0.15, 0.2) is 5.16 Å². The summed E-state index contributed by atoms with van der Waals surface area (Å²) in [6.45, 7) is 3.91. The van der Waals surface area contributed by atoms with Gasteiger partial charge >= 0.3 is 0 Å². The zero-order valence-electron chi connectivity index (χ0n) is 18.6.